The lowest BCUT2D eigenvalue weighted by molar-refractivity contribution is -0.122. The molecule has 5 heterocycles. The number of methoxy groups -OCH3 is 1. The summed E-state index contributed by atoms with van der Waals surface area (Å²) in [7, 11) is 3.66. The molecular formula is C26H26N6O3S. The van der Waals surface area contributed by atoms with Crippen molar-refractivity contribution in [2.75, 3.05) is 32.1 Å². The Morgan fingerprint density at radius 2 is 1.94 bits per heavy atom. The van der Waals surface area contributed by atoms with Gasteiger partial charge in [0.25, 0.3) is 11.8 Å². The Kier molecular flexibility index (Phi) is 5.40. The average molecular weight is 503 g/mol. The average Bonchev–Trinajstić information content (AvgIpc) is 3.58. The minimum Gasteiger partial charge on any atom is -0.378 e. The van der Waals surface area contributed by atoms with Gasteiger partial charge >= 0.3 is 0 Å². The second-order valence-corrected chi connectivity index (χ2v) is 10.3. The van der Waals surface area contributed by atoms with Crippen LogP contribution in [0.15, 0.2) is 41.9 Å². The van der Waals surface area contributed by atoms with E-state index >= 15 is 0 Å². The number of H-pyrrole nitrogens is 1. The highest BCUT2D eigenvalue weighted by Crippen LogP contribution is 2.38. The zero-order valence-corrected chi connectivity index (χ0v) is 21.0. The van der Waals surface area contributed by atoms with Gasteiger partial charge in [-0.05, 0) is 37.9 Å². The van der Waals surface area contributed by atoms with E-state index in [0.29, 0.717) is 34.8 Å². The largest absolute Gasteiger partial charge is 0.378 e. The summed E-state index contributed by atoms with van der Waals surface area (Å²) < 4.78 is 5.82. The number of aromatic nitrogens is 3. The Morgan fingerprint density at radius 1 is 1.14 bits per heavy atom. The van der Waals surface area contributed by atoms with Crippen LogP contribution in [0, 0.1) is 0 Å². The number of fused-ring (bicyclic) bond motifs is 2. The van der Waals surface area contributed by atoms with Gasteiger partial charge in [-0.15, -0.1) is 11.3 Å². The van der Waals surface area contributed by atoms with Crippen LogP contribution in [0.3, 0.4) is 0 Å². The van der Waals surface area contributed by atoms with Crippen LogP contribution in [0.2, 0.25) is 0 Å². The summed E-state index contributed by atoms with van der Waals surface area (Å²) in [6.07, 6.45) is 2.54. The van der Waals surface area contributed by atoms with Crippen LogP contribution in [0.4, 0.5) is 5.95 Å². The Hall–Kier alpha value is -3.60. The molecule has 1 aromatic carbocycles. The van der Waals surface area contributed by atoms with Crippen LogP contribution in [0.5, 0.6) is 0 Å². The third kappa shape index (κ3) is 3.44. The quantitative estimate of drug-likeness (QED) is 0.360. The number of para-hydroxylation sites is 1. The molecule has 0 aliphatic carbocycles. The van der Waals surface area contributed by atoms with Crippen molar-refractivity contribution in [2.24, 2.45) is 0 Å². The van der Waals surface area contributed by atoms with Gasteiger partial charge in [0, 0.05) is 48.3 Å². The van der Waals surface area contributed by atoms with E-state index in [1.807, 2.05) is 42.8 Å². The zero-order valence-electron chi connectivity index (χ0n) is 20.2. The number of thiophene rings is 1. The summed E-state index contributed by atoms with van der Waals surface area (Å²) in [4.78, 5) is 42.3. The first kappa shape index (κ1) is 22.8. The van der Waals surface area contributed by atoms with Gasteiger partial charge in [0.2, 0.25) is 5.95 Å². The van der Waals surface area contributed by atoms with E-state index in [-0.39, 0.29) is 17.2 Å². The van der Waals surface area contributed by atoms with Crippen LogP contribution >= 0.6 is 11.3 Å². The minimum atomic E-state index is -0.453. The van der Waals surface area contributed by atoms with Crippen molar-refractivity contribution in [3.8, 4) is 0 Å². The van der Waals surface area contributed by atoms with Gasteiger partial charge in [0.1, 0.15) is 4.83 Å². The number of nitrogens with zero attached hydrogens (tertiary/aromatic N) is 3. The maximum absolute atomic E-state index is 13.2. The molecule has 2 atom stereocenters. The van der Waals surface area contributed by atoms with E-state index in [4.69, 9.17) is 14.7 Å². The molecule has 10 heteroatoms. The number of piperidine rings is 1. The molecule has 2 amide bonds. The summed E-state index contributed by atoms with van der Waals surface area (Å²) >= 11 is 1.55. The number of hydrogen-bond donors (Lipinski definition) is 3. The standard InChI is InChI=1S/C26H26N6O3S/c1-26(27-2)9-10-32(13-18(26)35-3)25-29-17-7-5-4-6-15(17)21(30-25)20-19(22(33)31-23(20)34)16-12-28-24-14(16)8-11-36-24/h4-8,11-12,18,27-28H,9-10,13H2,1-3H3,(H,31,33,34). The van der Waals surface area contributed by atoms with Gasteiger partial charge in [-0.3, -0.25) is 14.9 Å². The lowest BCUT2D eigenvalue weighted by atomic mass is 9.87. The van der Waals surface area contributed by atoms with E-state index in [9.17, 15) is 9.59 Å². The molecule has 3 N–H and O–H groups in total. The minimum absolute atomic E-state index is 0.0763. The first-order valence-corrected chi connectivity index (χ1v) is 12.7. The lowest BCUT2D eigenvalue weighted by Crippen LogP contribution is -2.61. The number of ether oxygens (including phenoxy) is 1. The number of carbonyl (C=O) groups is 2. The molecule has 2 unspecified atom stereocenters. The van der Waals surface area contributed by atoms with Gasteiger partial charge in [0.05, 0.1) is 28.5 Å². The summed E-state index contributed by atoms with van der Waals surface area (Å²) in [5.41, 5.74) is 2.29. The van der Waals surface area contributed by atoms with Gasteiger partial charge in [-0.25, -0.2) is 9.97 Å². The first-order valence-electron chi connectivity index (χ1n) is 11.8. The van der Waals surface area contributed by atoms with Crippen molar-refractivity contribution in [2.45, 2.75) is 25.0 Å². The monoisotopic (exact) mass is 502 g/mol. The number of rotatable bonds is 5. The van der Waals surface area contributed by atoms with Gasteiger partial charge in [-0.2, -0.15) is 0 Å². The molecule has 36 heavy (non-hydrogen) atoms. The number of hydrogen-bond acceptors (Lipinski definition) is 8. The van der Waals surface area contributed by atoms with Gasteiger partial charge in [0.15, 0.2) is 0 Å². The highest BCUT2D eigenvalue weighted by Gasteiger charge is 2.40. The fourth-order valence-electron chi connectivity index (χ4n) is 5.21. The SMILES string of the molecule is CNC1(C)CCN(c2nc(C3=C(c4c[nH]c5sccc45)C(=O)NC3=O)c3ccccc3n2)CC1OC. The predicted octanol–water partition coefficient (Wildman–Crippen LogP) is 2.94. The fraction of sp³-hybridized carbons (Fsp3) is 0.308. The van der Waals surface area contributed by atoms with Crippen molar-refractivity contribution < 1.29 is 14.3 Å². The predicted molar refractivity (Wildman–Crippen MR) is 141 cm³/mol. The topological polar surface area (TPSA) is 112 Å². The number of carbonyl (C=O) groups excluding carboxylic acids is 2. The molecule has 3 aromatic heterocycles. The molecule has 0 spiro atoms. The smallest absolute Gasteiger partial charge is 0.261 e. The number of imide groups is 1. The molecule has 1 saturated heterocycles. The molecule has 1 fully saturated rings. The fourth-order valence-corrected chi connectivity index (χ4v) is 5.99. The maximum atomic E-state index is 13.2. The van der Waals surface area contributed by atoms with E-state index in [1.54, 1.807) is 24.6 Å². The second-order valence-electron chi connectivity index (χ2n) is 9.38. The molecule has 4 aromatic rings. The molecule has 0 saturated carbocycles. The van der Waals surface area contributed by atoms with E-state index < -0.39 is 11.8 Å². The van der Waals surface area contributed by atoms with E-state index in [0.717, 1.165) is 28.6 Å². The summed E-state index contributed by atoms with van der Waals surface area (Å²) in [5.74, 6) is -0.364. The summed E-state index contributed by atoms with van der Waals surface area (Å²) in [6.45, 7) is 3.47. The third-order valence-electron chi connectivity index (χ3n) is 7.47. The summed E-state index contributed by atoms with van der Waals surface area (Å²) in [5, 5.41) is 9.47. The number of anilines is 1. The second kappa shape index (κ2) is 8.51. The van der Waals surface area contributed by atoms with Crippen molar-refractivity contribution in [3.05, 3.63) is 53.2 Å². The molecule has 9 nitrogen and oxygen atoms in total. The van der Waals surface area contributed by atoms with Crippen LogP contribution in [-0.2, 0) is 14.3 Å². The Bertz CT molecular complexity index is 1560. The molecular weight excluding hydrogens is 476 g/mol. The van der Waals surface area contributed by atoms with Crippen LogP contribution < -0.4 is 15.5 Å². The maximum Gasteiger partial charge on any atom is 0.261 e. The lowest BCUT2D eigenvalue weighted by Gasteiger charge is -2.45. The van der Waals surface area contributed by atoms with Crippen LogP contribution in [-0.4, -0.2) is 65.7 Å². The molecule has 6 rings (SSSR count). The Balaban J connectivity index is 1.54. The normalized spacial score (nSPS) is 22.8. The Labute approximate surface area is 211 Å². The number of nitrogens with one attached hydrogen (secondary N) is 3. The van der Waals surface area contributed by atoms with Crippen molar-refractivity contribution in [1.82, 2.24) is 25.6 Å². The zero-order chi connectivity index (χ0) is 25.0. The van der Waals surface area contributed by atoms with E-state index in [1.165, 1.54) is 0 Å². The number of aromatic amines is 1. The highest BCUT2D eigenvalue weighted by molar-refractivity contribution is 7.16. The first-order chi connectivity index (χ1) is 17.4. The molecule has 0 radical (unpaired) electrons. The Morgan fingerprint density at radius 3 is 2.75 bits per heavy atom. The molecule has 2 aliphatic heterocycles. The van der Waals surface area contributed by atoms with Crippen LogP contribution in [0.25, 0.3) is 32.3 Å². The van der Waals surface area contributed by atoms with Crippen molar-refractivity contribution >= 4 is 61.4 Å². The highest BCUT2D eigenvalue weighted by atomic mass is 32.1. The molecule has 0 bridgehead atoms. The number of amides is 2. The van der Waals surface area contributed by atoms with Gasteiger partial charge in [-0.1, -0.05) is 18.2 Å². The van der Waals surface area contributed by atoms with E-state index in [2.05, 4.69) is 27.4 Å². The number of benzene rings is 1. The third-order valence-corrected chi connectivity index (χ3v) is 8.31. The van der Waals surface area contributed by atoms with Gasteiger partial charge < -0.3 is 19.9 Å². The number of likely N-dealkylation sites (N-methyl/N-ethyl adjacent to an activating group) is 1. The van der Waals surface area contributed by atoms with Crippen molar-refractivity contribution in [1.29, 1.82) is 0 Å². The molecule has 2 aliphatic rings. The summed E-state index contributed by atoms with van der Waals surface area (Å²) in [6, 6.07) is 9.54. The van der Waals surface area contributed by atoms with Crippen molar-refractivity contribution in [3.63, 3.8) is 0 Å². The molecule has 184 valence electrons. The van der Waals surface area contributed by atoms with Crippen LogP contribution in [0.1, 0.15) is 24.6 Å².